The smallest absolute Gasteiger partial charge is 0.344 e. The lowest BCUT2D eigenvalue weighted by Gasteiger charge is -2.11. The highest BCUT2D eigenvalue weighted by Crippen LogP contribution is 2.36. The van der Waals surface area contributed by atoms with Gasteiger partial charge in [-0.3, -0.25) is 4.79 Å². The van der Waals surface area contributed by atoms with Crippen molar-refractivity contribution >= 4 is 81.8 Å². The number of methoxy groups -OCH3 is 1. The van der Waals surface area contributed by atoms with Crippen LogP contribution in [0.25, 0.3) is 0 Å². The third kappa shape index (κ3) is 7.14. The molecular weight excluding hydrogens is 704 g/mol. The van der Waals surface area contributed by atoms with Crippen molar-refractivity contribution in [2.75, 3.05) is 13.7 Å². The Morgan fingerprint density at radius 2 is 1.65 bits per heavy atom. The van der Waals surface area contributed by atoms with Crippen LogP contribution in [0.1, 0.15) is 15.9 Å². The number of hydrogen-bond donors (Lipinski definition) is 1. The highest BCUT2D eigenvalue weighted by Gasteiger charge is 2.15. The largest absolute Gasteiger partial charge is 0.493 e. The van der Waals surface area contributed by atoms with Gasteiger partial charge in [-0.1, -0.05) is 28.1 Å². The zero-order valence-electron chi connectivity index (χ0n) is 17.5. The summed E-state index contributed by atoms with van der Waals surface area (Å²) in [6, 6.07) is 15.5. The van der Waals surface area contributed by atoms with Crippen LogP contribution in [0.15, 0.2) is 77.6 Å². The van der Waals surface area contributed by atoms with E-state index in [2.05, 4.69) is 74.2 Å². The third-order valence-electron chi connectivity index (χ3n) is 4.20. The maximum absolute atomic E-state index is 12.5. The van der Waals surface area contributed by atoms with Crippen LogP contribution in [-0.2, 0) is 4.79 Å². The number of amides is 1. The van der Waals surface area contributed by atoms with Crippen LogP contribution in [0.3, 0.4) is 0 Å². The number of hydrazone groups is 1. The van der Waals surface area contributed by atoms with Gasteiger partial charge < -0.3 is 14.2 Å². The first-order valence-electron chi connectivity index (χ1n) is 9.52. The lowest BCUT2D eigenvalue weighted by atomic mass is 10.2. The molecule has 3 aromatic rings. The summed E-state index contributed by atoms with van der Waals surface area (Å²) in [6.45, 7) is -0.233. The number of esters is 1. The normalized spacial score (nSPS) is 10.7. The summed E-state index contributed by atoms with van der Waals surface area (Å²) in [5.74, 6) is 0.125. The number of nitrogens with zero attached hydrogens (tertiary/aromatic N) is 1. The van der Waals surface area contributed by atoms with E-state index in [1.165, 1.54) is 13.3 Å². The van der Waals surface area contributed by atoms with Gasteiger partial charge in [0, 0.05) is 8.95 Å². The zero-order chi connectivity index (χ0) is 24.7. The highest BCUT2D eigenvalue weighted by molar-refractivity contribution is 9.11. The van der Waals surface area contributed by atoms with Gasteiger partial charge in [0.1, 0.15) is 5.75 Å². The van der Waals surface area contributed by atoms with E-state index >= 15 is 0 Å². The van der Waals surface area contributed by atoms with E-state index in [0.29, 0.717) is 36.0 Å². The van der Waals surface area contributed by atoms with Crippen LogP contribution in [-0.4, -0.2) is 31.8 Å². The Labute approximate surface area is 229 Å². The average Bonchev–Trinajstić information content (AvgIpc) is 2.79. The van der Waals surface area contributed by atoms with Crippen molar-refractivity contribution in [1.82, 2.24) is 5.43 Å². The maximum atomic E-state index is 12.5. The highest BCUT2D eigenvalue weighted by atomic mass is 79.9. The Morgan fingerprint density at radius 3 is 2.32 bits per heavy atom. The molecule has 0 saturated carbocycles. The van der Waals surface area contributed by atoms with Crippen molar-refractivity contribution in [3.8, 4) is 17.2 Å². The molecule has 34 heavy (non-hydrogen) atoms. The Kier molecular flexibility index (Phi) is 9.69. The van der Waals surface area contributed by atoms with E-state index < -0.39 is 11.9 Å². The van der Waals surface area contributed by atoms with Crippen LogP contribution in [0.5, 0.6) is 17.2 Å². The van der Waals surface area contributed by atoms with Crippen molar-refractivity contribution in [2.24, 2.45) is 5.10 Å². The molecule has 0 aromatic heterocycles. The Morgan fingerprint density at radius 1 is 0.941 bits per heavy atom. The summed E-state index contributed by atoms with van der Waals surface area (Å²) in [5.41, 5.74) is 3.41. The topological polar surface area (TPSA) is 86.2 Å². The molecular formula is C23H16Br4N2O5. The number of hydrogen-bond acceptors (Lipinski definition) is 6. The van der Waals surface area contributed by atoms with Crippen molar-refractivity contribution in [2.45, 2.75) is 0 Å². The van der Waals surface area contributed by atoms with Crippen molar-refractivity contribution < 1.29 is 23.8 Å². The fourth-order valence-corrected chi connectivity index (χ4v) is 5.58. The molecule has 0 spiro atoms. The monoisotopic (exact) mass is 716 g/mol. The molecule has 0 saturated heterocycles. The molecule has 0 bridgehead atoms. The van der Waals surface area contributed by atoms with Gasteiger partial charge in [0.05, 0.1) is 27.8 Å². The van der Waals surface area contributed by atoms with Crippen LogP contribution in [0.4, 0.5) is 0 Å². The predicted octanol–water partition coefficient (Wildman–Crippen LogP) is 6.49. The van der Waals surface area contributed by atoms with Gasteiger partial charge >= 0.3 is 5.97 Å². The standard InChI is InChI=1S/C23H16Br4N2O5/c1-32-20-8-13(6-7-19(20)34-23(31)15-4-2-3-5-16(15)25)11-28-29-21(30)12-33-22-17(26)9-14(24)10-18(22)27/h2-11H,12H2,1H3,(H,29,30)/b28-11+. The summed E-state index contributed by atoms with van der Waals surface area (Å²) >= 11 is 13.5. The molecule has 0 radical (unpaired) electrons. The molecule has 3 rings (SSSR count). The minimum absolute atomic E-state index is 0.233. The molecule has 0 fully saturated rings. The van der Waals surface area contributed by atoms with Gasteiger partial charge in [-0.15, -0.1) is 0 Å². The quantitative estimate of drug-likeness (QED) is 0.125. The first-order valence-corrected chi connectivity index (χ1v) is 12.7. The lowest BCUT2D eigenvalue weighted by molar-refractivity contribution is -0.123. The van der Waals surface area contributed by atoms with Gasteiger partial charge in [-0.25, -0.2) is 10.2 Å². The number of carbonyl (C=O) groups is 2. The summed E-state index contributed by atoms with van der Waals surface area (Å²) in [6.07, 6.45) is 1.44. The molecule has 0 aliphatic carbocycles. The number of halogens is 4. The molecule has 3 aromatic carbocycles. The summed E-state index contributed by atoms with van der Waals surface area (Å²) in [4.78, 5) is 24.5. The molecule has 0 atom stereocenters. The predicted molar refractivity (Wildman–Crippen MR) is 143 cm³/mol. The second-order valence-electron chi connectivity index (χ2n) is 6.56. The van der Waals surface area contributed by atoms with E-state index in [1.807, 2.05) is 12.1 Å². The molecule has 0 aliphatic rings. The van der Waals surface area contributed by atoms with E-state index in [1.54, 1.807) is 42.5 Å². The molecule has 0 aliphatic heterocycles. The Hall–Kier alpha value is -2.21. The molecule has 0 unspecified atom stereocenters. The van der Waals surface area contributed by atoms with Crippen molar-refractivity contribution in [3.63, 3.8) is 0 Å². The van der Waals surface area contributed by atoms with Gasteiger partial charge in [-0.05, 0) is 95.8 Å². The third-order valence-corrected chi connectivity index (χ3v) is 6.53. The van der Waals surface area contributed by atoms with Crippen LogP contribution in [0, 0.1) is 0 Å². The van der Waals surface area contributed by atoms with E-state index in [-0.39, 0.29) is 12.4 Å². The minimum atomic E-state index is -0.525. The molecule has 0 heterocycles. The SMILES string of the molecule is COc1cc(/C=N/NC(=O)COc2c(Br)cc(Br)cc2Br)ccc1OC(=O)c1ccccc1Br. The maximum Gasteiger partial charge on any atom is 0.344 e. The minimum Gasteiger partial charge on any atom is -0.493 e. The number of rotatable bonds is 8. The van der Waals surface area contributed by atoms with Gasteiger partial charge in [0.25, 0.3) is 5.91 Å². The van der Waals surface area contributed by atoms with Crippen LogP contribution < -0.4 is 19.6 Å². The number of ether oxygens (including phenoxy) is 3. The summed E-state index contributed by atoms with van der Waals surface area (Å²) in [5, 5.41) is 3.93. The first kappa shape index (κ1) is 26.4. The Bertz CT molecular complexity index is 1230. The van der Waals surface area contributed by atoms with E-state index in [0.717, 1.165) is 4.47 Å². The lowest BCUT2D eigenvalue weighted by Crippen LogP contribution is -2.24. The van der Waals surface area contributed by atoms with Crippen LogP contribution >= 0.6 is 63.7 Å². The Balaban J connectivity index is 1.59. The van der Waals surface area contributed by atoms with Gasteiger partial charge in [-0.2, -0.15) is 5.10 Å². The second-order valence-corrected chi connectivity index (χ2v) is 10.0. The molecule has 1 amide bonds. The summed E-state index contributed by atoms with van der Waals surface area (Å²) in [7, 11) is 1.46. The fourth-order valence-electron chi connectivity index (χ4n) is 2.65. The molecule has 1 N–H and O–H groups in total. The number of nitrogens with one attached hydrogen (secondary N) is 1. The molecule has 11 heteroatoms. The van der Waals surface area contributed by atoms with E-state index in [9.17, 15) is 9.59 Å². The fraction of sp³-hybridized carbons (Fsp3) is 0.0870. The second kappa shape index (κ2) is 12.5. The van der Waals surface area contributed by atoms with Gasteiger partial charge in [0.15, 0.2) is 18.1 Å². The van der Waals surface area contributed by atoms with Gasteiger partial charge in [0.2, 0.25) is 0 Å². The van der Waals surface area contributed by atoms with Crippen molar-refractivity contribution in [3.05, 3.63) is 83.6 Å². The van der Waals surface area contributed by atoms with Crippen molar-refractivity contribution in [1.29, 1.82) is 0 Å². The number of carbonyl (C=O) groups excluding carboxylic acids is 2. The average molecular weight is 720 g/mol. The van der Waals surface area contributed by atoms with E-state index in [4.69, 9.17) is 14.2 Å². The number of benzene rings is 3. The summed E-state index contributed by atoms with van der Waals surface area (Å²) < 4.78 is 19.2. The first-order chi connectivity index (χ1) is 16.3. The molecule has 176 valence electrons. The zero-order valence-corrected chi connectivity index (χ0v) is 23.8. The van der Waals surface area contributed by atoms with Crippen LogP contribution in [0.2, 0.25) is 0 Å². The molecule has 7 nitrogen and oxygen atoms in total.